The molecule has 0 amide bonds. The molecule has 0 spiro atoms. The molecule has 0 N–H and O–H groups in total. The molecule has 6 nitrogen and oxygen atoms in total. The van der Waals surface area contributed by atoms with Crippen LogP contribution in [-0.4, -0.2) is 38.3 Å². The van der Waals surface area contributed by atoms with Gasteiger partial charge in [0.05, 0.1) is 22.6 Å². The van der Waals surface area contributed by atoms with Crippen molar-refractivity contribution in [1.82, 2.24) is 19.9 Å². The van der Waals surface area contributed by atoms with Crippen molar-refractivity contribution >= 4 is 41.9 Å². The molecule has 3 aliphatic rings. The smallest absolute Gasteiger partial charge is 0.403 e. The van der Waals surface area contributed by atoms with Gasteiger partial charge in [0.15, 0.2) is 0 Å². The molecule has 10 heteroatoms. The van der Waals surface area contributed by atoms with Gasteiger partial charge in [-0.05, 0) is 74.8 Å². The van der Waals surface area contributed by atoms with E-state index in [2.05, 4.69) is 85.7 Å². The first kappa shape index (κ1) is 37.9. The zero-order chi connectivity index (χ0) is 34.2. The van der Waals surface area contributed by atoms with Crippen LogP contribution in [0, 0.1) is 0 Å². The van der Waals surface area contributed by atoms with Gasteiger partial charge in [0.25, 0.3) is 0 Å². The van der Waals surface area contributed by atoms with Crippen molar-refractivity contribution in [3.63, 3.8) is 0 Å². The molecular formula is C36H46BCl3N4O2. The molecule has 1 aliphatic heterocycles. The van der Waals surface area contributed by atoms with E-state index in [0.29, 0.717) is 10.4 Å². The standard InChI is InChI=1S/C13H11ClN2.C11H6Cl2N2.C8H17BO2.2C2H6/c1-2-11-10-7-8-5-3-4-6-9(8)12(10)16-13(14)15-11;12-10-8-5-6-3-1-2-4-7(6)9(8)14-11(13)15-10;1-6-9-10-7(2,3)8(4,5)11-9;2*1-2/h3-6H,2,7H2,1H3;1-4H,5H2;6H2,1-5H3;2*1-2H3. The number of aromatic nitrogens is 4. The maximum absolute atomic E-state index is 6.03. The fraction of sp³-hybridized carbons (Fsp3) is 0.444. The SMILES string of the molecule is CC.CC.CCB1OC(C)(C)C(C)(C)O1.CCc1nc(Cl)nc2c1Cc1ccccc1-2.Clc1nc(Cl)c2c(n1)-c1ccccc1C2. The van der Waals surface area contributed by atoms with Crippen LogP contribution in [0.4, 0.5) is 0 Å². The third-order valence-corrected chi connectivity index (χ3v) is 8.90. The molecule has 1 fully saturated rings. The van der Waals surface area contributed by atoms with Gasteiger partial charge in [0.2, 0.25) is 10.6 Å². The van der Waals surface area contributed by atoms with Crippen molar-refractivity contribution in [2.75, 3.05) is 0 Å². The topological polar surface area (TPSA) is 70.0 Å². The second-order valence-corrected chi connectivity index (χ2v) is 12.5. The molecule has 0 atom stereocenters. The van der Waals surface area contributed by atoms with E-state index in [1.54, 1.807) is 0 Å². The Labute approximate surface area is 290 Å². The Morgan fingerprint density at radius 3 is 1.54 bits per heavy atom. The molecule has 46 heavy (non-hydrogen) atoms. The number of fused-ring (bicyclic) bond motifs is 6. The van der Waals surface area contributed by atoms with Gasteiger partial charge in [0.1, 0.15) is 5.15 Å². The van der Waals surface area contributed by atoms with Gasteiger partial charge in [-0.1, -0.05) is 102 Å². The predicted molar refractivity (Wildman–Crippen MR) is 194 cm³/mol. The van der Waals surface area contributed by atoms with Crippen LogP contribution in [-0.2, 0) is 28.6 Å². The number of benzene rings is 2. The van der Waals surface area contributed by atoms with Crippen LogP contribution in [0.5, 0.6) is 0 Å². The summed E-state index contributed by atoms with van der Waals surface area (Å²) in [7, 11) is -0.0139. The average molecular weight is 684 g/mol. The van der Waals surface area contributed by atoms with E-state index in [1.807, 2.05) is 52.0 Å². The monoisotopic (exact) mass is 682 g/mol. The number of nitrogens with zero attached hydrogens (tertiary/aromatic N) is 4. The Hall–Kier alpha value is -2.55. The second-order valence-electron chi connectivity index (χ2n) is 11.5. The molecule has 0 radical (unpaired) electrons. The molecule has 4 aromatic rings. The summed E-state index contributed by atoms with van der Waals surface area (Å²) >= 11 is 17.8. The number of aryl methyl sites for hydroxylation is 1. The van der Waals surface area contributed by atoms with Gasteiger partial charge < -0.3 is 9.31 Å². The Kier molecular flexibility index (Phi) is 13.6. The molecule has 0 saturated carbocycles. The molecular weight excluding hydrogens is 638 g/mol. The molecule has 2 aromatic heterocycles. The fourth-order valence-electron chi connectivity index (χ4n) is 5.34. The maximum atomic E-state index is 6.03. The Morgan fingerprint density at radius 1 is 0.652 bits per heavy atom. The van der Waals surface area contributed by atoms with Gasteiger partial charge in [-0.3, -0.25) is 0 Å². The average Bonchev–Trinajstić information content (AvgIpc) is 3.68. The molecule has 2 aliphatic carbocycles. The van der Waals surface area contributed by atoms with E-state index in [9.17, 15) is 0 Å². The Balaban J connectivity index is 0.000000181. The van der Waals surface area contributed by atoms with Crippen LogP contribution in [0.15, 0.2) is 48.5 Å². The Morgan fingerprint density at radius 2 is 1.09 bits per heavy atom. The molecule has 1 saturated heterocycles. The summed E-state index contributed by atoms with van der Waals surface area (Å²) in [5, 5.41) is 1.02. The first-order valence-corrected chi connectivity index (χ1v) is 17.4. The molecule has 0 unspecified atom stereocenters. The largest absolute Gasteiger partial charge is 0.457 e. The number of hydrogen-bond acceptors (Lipinski definition) is 6. The Bertz CT molecular complexity index is 1620. The fourth-order valence-corrected chi connectivity index (χ4v) is 5.97. The minimum atomic E-state index is -0.159. The van der Waals surface area contributed by atoms with Crippen molar-refractivity contribution in [3.8, 4) is 22.5 Å². The first-order chi connectivity index (χ1) is 21.9. The predicted octanol–water partition coefficient (Wildman–Crippen LogP) is 10.8. The molecule has 0 bridgehead atoms. The zero-order valence-corrected chi connectivity index (χ0v) is 31.0. The van der Waals surface area contributed by atoms with Crippen LogP contribution in [0.1, 0.15) is 97.2 Å². The lowest BCUT2D eigenvalue weighted by atomic mass is 9.87. The number of hydrogen-bond donors (Lipinski definition) is 0. The van der Waals surface area contributed by atoms with Gasteiger partial charge in [-0.15, -0.1) is 0 Å². The summed E-state index contributed by atoms with van der Waals surface area (Å²) < 4.78 is 11.4. The lowest BCUT2D eigenvalue weighted by molar-refractivity contribution is 0.00578. The van der Waals surface area contributed by atoms with Gasteiger partial charge in [-0.25, -0.2) is 19.9 Å². The summed E-state index contributed by atoms with van der Waals surface area (Å²) in [6.07, 6.45) is 3.55. The highest BCUT2D eigenvalue weighted by Crippen LogP contribution is 2.39. The summed E-state index contributed by atoms with van der Waals surface area (Å²) in [4.78, 5) is 16.8. The van der Waals surface area contributed by atoms with Crippen molar-refractivity contribution in [2.45, 2.75) is 106 Å². The molecule has 3 heterocycles. The molecule has 7 rings (SSSR count). The van der Waals surface area contributed by atoms with Crippen molar-refractivity contribution in [2.24, 2.45) is 0 Å². The minimum Gasteiger partial charge on any atom is -0.403 e. The van der Waals surface area contributed by atoms with Gasteiger partial charge in [0, 0.05) is 40.8 Å². The summed E-state index contributed by atoms with van der Waals surface area (Å²) in [6.45, 7) is 20.5. The molecule has 246 valence electrons. The van der Waals surface area contributed by atoms with Crippen molar-refractivity contribution in [1.29, 1.82) is 0 Å². The maximum Gasteiger partial charge on any atom is 0.457 e. The van der Waals surface area contributed by atoms with E-state index in [4.69, 9.17) is 44.1 Å². The highest BCUT2D eigenvalue weighted by Gasteiger charge is 2.50. The third kappa shape index (κ3) is 8.29. The van der Waals surface area contributed by atoms with E-state index < -0.39 is 0 Å². The summed E-state index contributed by atoms with van der Waals surface area (Å²) in [5.74, 6) is 0. The first-order valence-electron chi connectivity index (χ1n) is 16.2. The normalized spacial score (nSPS) is 15.2. The number of rotatable bonds is 2. The second kappa shape index (κ2) is 16.5. The van der Waals surface area contributed by atoms with Crippen LogP contribution in [0.3, 0.4) is 0 Å². The van der Waals surface area contributed by atoms with Gasteiger partial charge >= 0.3 is 7.12 Å². The molecule has 2 aromatic carbocycles. The minimum absolute atomic E-state index is 0.0139. The summed E-state index contributed by atoms with van der Waals surface area (Å²) in [5.41, 5.74) is 9.73. The zero-order valence-electron chi connectivity index (χ0n) is 28.8. The van der Waals surface area contributed by atoms with Crippen LogP contribution in [0.2, 0.25) is 22.0 Å². The van der Waals surface area contributed by atoms with E-state index in [0.717, 1.165) is 53.8 Å². The third-order valence-electron chi connectivity index (χ3n) is 8.24. The quantitative estimate of drug-likeness (QED) is 0.103. The highest BCUT2D eigenvalue weighted by molar-refractivity contribution is 6.45. The van der Waals surface area contributed by atoms with Crippen LogP contribution in [0.25, 0.3) is 22.5 Å². The number of halogens is 3. The van der Waals surface area contributed by atoms with Crippen molar-refractivity contribution in [3.05, 3.63) is 92.2 Å². The van der Waals surface area contributed by atoms with Crippen LogP contribution >= 0.6 is 34.8 Å². The lowest BCUT2D eigenvalue weighted by Gasteiger charge is -2.32. The summed E-state index contributed by atoms with van der Waals surface area (Å²) in [6, 6.07) is 16.4. The highest BCUT2D eigenvalue weighted by atomic mass is 35.5. The van der Waals surface area contributed by atoms with Crippen LogP contribution < -0.4 is 0 Å². The van der Waals surface area contributed by atoms with Crippen molar-refractivity contribution < 1.29 is 9.31 Å². The lowest BCUT2D eigenvalue weighted by Crippen LogP contribution is -2.41. The van der Waals surface area contributed by atoms with E-state index >= 15 is 0 Å². The van der Waals surface area contributed by atoms with E-state index in [1.165, 1.54) is 22.3 Å². The van der Waals surface area contributed by atoms with Gasteiger partial charge in [-0.2, -0.15) is 0 Å². The van der Waals surface area contributed by atoms with E-state index in [-0.39, 0.29) is 23.6 Å².